The molecule has 8 aromatic rings. The van der Waals surface area contributed by atoms with E-state index in [1.165, 1.54) is 116 Å². The largest absolute Gasteiger partial charge is 0.242 e. The molecule has 0 N–H and O–H groups in total. The molecule has 0 radical (unpaired) electrons. The summed E-state index contributed by atoms with van der Waals surface area (Å²) in [6, 6.07) is 50.5. The summed E-state index contributed by atoms with van der Waals surface area (Å²) in [6.07, 6.45) is 4.46. The average Bonchev–Trinajstić information content (AvgIpc) is 3.67. The molecule has 2 heteroatoms. The van der Waals surface area contributed by atoms with Crippen molar-refractivity contribution in [2.75, 3.05) is 0 Å². The zero-order chi connectivity index (χ0) is 48.2. The molecule has 346 valence electrons. The van der Waals surface area contributed by atoms with Crippen LogP contribution in [0, 0.1) is 20.8 Å². The second-order valence-electron chi connectivity index (χ2n) is 24.5. The van der Waals surface area contributed by atoms with Gasteiger partial charge in [-0.15, -0.1) is 11.3 Å². The van der Waals surface area contributed by atoms with Crippen LogP contribution in [0.2, 0.25) is 0 Å². The Labute approximate surface area is 413 Å². The zero-order valence-electron chi connectivity index (χ0n) is 43.6. The van der Waals surface area contributed by atoms with Gasteiger partial charge in [0.25, 0.3) is 0 Å². The molecule has 68 heavy (non-hydrogen) atoms. The predicted molar refractivity (Wildman–Crippen MR) is 300 cm³/mol. The number of benzene rings is 7. The van der Waals surface area contributed by atoms with Crippen molar-refractivity contribution in [3.8, 4) is 11.1 Å². The smallest absolute Gasteiger partial charge is 0.135 e. The second-order valence-corrected chi connectivity index (χ2v) is 25.6. The SMILES string of the molecule is Cc1cc(C)c2c(c1)C(CCc1cc(-c3ccccc3)ccc1C)c1ccc(C(C)(C)C)cc1B2c1cc2c(cc1C(C)c1cc(C(C)(C)C)cc3c1sc1ccccc13)C(C)(C)CCC2(C)C. The van der Waals surface area contributed by atoms with Gasteiger partial charge in [0, 0.05) is 32.0 Å². The van der Waals surface area contributed by atoms with Gasteiger partial charge in [-0.25, -0.2) is 0 Å². The molecule has 2 unspecified atom stereocenters. The van der Waals surface area contributed by atoms with Crippen LogP contribution in [0.1, 0.15) is 174 Å². The summed E-state index contributed by atoms with van der Waals surface area (Å²) in [6.45, 7) is 34.1. The van der Waals surface area contributed by atoms with E-state index in [0.29, 0.717) is 0 Å². The first-order valence-corrected chi connectivity index (χ1v) is 26.5. The molecule has 1 aliphatic heterocycles. The number of aryl methyl sites for hydroxylation is 4. The van der Waals surface area contributed by atoms with E-state index < -0.39 is 0 Å². The van der Waals surface area contributed by atoms with Gasteiger partial charge in [0.2, 0.25) is 6.71 Å². The summed E-state index contributed by atoms with van der Waals surface area (Å²) in [5.74, 6) is 0.439. The summed E-state index contributed by atoms with van der Waals surface area (Å²) in [7, 11) is 0. The van der Waals surface area contributed by atoms with E-state index in [1.807, 2.05) is 11.3 Å². The molecule has 0 fully saturated rings. The fourth-order valence-electron chi connectivity index (χ4n) is 12.4. The van der Waals surface area contributed by atoms with Gasteiger partial charge >= 0.3 is 0 Å². The molecular weight excluding hydrogens is 836 g/mol. The Kier molecular flexibility index (Phi) is 11.5. The molecule has 0 nitrogen and oxygen atoms in total. The molecule has 2 heterocycles. The van der Waals surface area contributed by atoms with Gasteiger partial charge in [-0.3, -0.25) is 0 Å². The molecule has 2 aliphatic rings. The van der Waals surface area contributed by atoms with E-state index in [0.717, 1.165) is 12.8 Å². The summed E-state index contributed by atoms with van der Waals surface area (Å²) in [5, 5.41) is 2.78. The van der Waals surface area contributed by atoms with Crippen LogP contribution >= 0.6 is 11.3 Å². The molecule has 0 saturated heterocycles. The van der Waals surface area contributed by atoms with Gasteiger partial charge in [0.05, 0.1) is 0 Å². The minimum absolute atomic E-state index is 0.00479. The lowest BCUT2D eigenvalue weighted by atomic mass is 9.30. The molecule has 0 spiro atoms. The molecule has 0 amide bonds. The Hall–Kier alpha value is -5.18. The number of hydrogen-bond acceptors (Lipinski definition) is 1. The molecular formula is C66H73BS. The third kappa shape index (κ3) is 8.11. The molecule has 0 saturated carbocycles. The number of hydrogen-bond donors (Lipinski definition) is 0. The van der Waals surface area contributed by atoms with Crippen LogP contribution in [0.5, 0.6) is 0 Å². The zero-order valence-corrected chi connectivity index (χ0v) is 44.4. The normalized spacial score (nSPS) is 17.0. The van der Waals surface area contributed by atoms with Gasteiger partial charge in [-0.2, -0.15) is 0 Å². The van der Waals surface area contributed by atoms with E-state index in [1.54, 1.807) is 11.1 Å². The Balaban J connectivity index is 1.23. The van der Waals surface area contributed by atoms with E-state index in [4.69, 9.17) is 0 Å². The first-order valence-electron chi connectivity index (χ1n) is 25.7. The van der Waals surface area contributed by atoms with Crippen LogP contribution in [0.4, 0.5) is 0 Å². The highest BCUT2D eigenvalue weighted by atomic mass is 32.1. The lowest BCUT2D eigenvalue weighted by molar-refractivity contribution is 0.332. The fourth-order valence-corrected chi connectivity index (χ4v) is 13.6. The summed E-state index contributed by atoms with van der Waals surface area (Å²) in [5.41, 5.74) is 24.8. The van der Waals surface area contributed by atoms with Crippen LogP contribution < -0.4 is 16.4 Å². The third-order valence-electron chi connectivity index (χ3n) is 16.7. The average molecular weight is 909 g/mol. The first kappa shape index (κ1) is 46.5. The maximum absolute atomic E-state index is 2.76. The number of thiophene rings is 1. The Morgan fingerprint density at radius 2 is 1.26 bits per heavy atom. The predicted octanol–water partition coefficient (Wildman–Crippen LogP) is 16.3. The molecule has 7 aromatic carbocycles. The molecule has 1 aromatic heterocycles. The van der Waals surface area contributed by atoms with Crippen molar-refractivity contribution >= 4 is 54.6 Å². The van der Waals surface area contributed by atoms with Crippen LogP contribution in [0.15, 0.2) is 127 Å². The maximum Gasteiger partial charge on any atom is 0.242 e. The molecule has 2 atom stereocenters. The summed E-state index contributed by atoms with van der Waals surface area (Å²) < 4.78 is 2.81. The second kappa shape index (κ2) is 16.8. The van der Waals surface area contributed by atoms with E-state index in [-0.39, 0.29) is 40.2 Å². The topological polar surface area (TPSA) is 0 Å². The number of fused-ring (bicyclic) bond motifs is 6. The fraction of sp³-hybridized carbons (Fsp3) is 0.364. The molecule has 10 rings (SSSR count). The maximum atomic E-state index is 2.76. The molecule has 0 bridgehead atoms. The monoisotopic (exact) mass is 909 g/mol. The highest BCUT2D eigenvalue weighted by molar-refractivity contribution is 7.26. The van der Waals surface area contributed by atoms with Crippen LogP contribution in [0.25, 0.3) is 31.3 Å². The van der Waals surface area contributed by atoms with E-state index >= 15 is 0 Å². The van der Waals surface area contributed by atoms with Gasteiger partial charge in [-0.1, -0.05) is 219 Å². The highest BCUT2D eigenvalue weighted by Gasteiger charge is 2.43. The van der Waals surface area contributed by atoms with Crippen molar-refractivity contribution in [1.29, 1.82) is 0 Å². The van der Waals surface area contributed by atoms with Gasteiger partial charge in [0.1, 0.15) is 0 Å². The first-order chi connectivity index (χ1) is 32.1. The van der Waals surface area contributed by atoms with Crippen molar-refractivity contribution < 1.29 is 0 Å². The lowest BCUT2D eigenvalue weighted by Gasteiger charge is -2.44. The van der Waals surface area contributed by atoms with Crippen molar-refractivity contribution in [3.63, 3.8) is 0 Å². The number of rotatable bonds is 7. The van der Waals surface area contributed by atoms with Crippen molar-refractivity contribution in [2.45, 2.75) is 156 Å². The van der Waals surface area contributed by atoms with E-state index in [2.05, 4.69) is 224 Å². The van der Waals surface area contributed by atoms with Crippen molar-refractivity contribution in [2.24, 2.45) is 0 Å². The Morgan fingerprint density at radius 3 is 1.97 bits per heavy atom. The van der Waals surface area contributed by atoms with Gasteiger partial charge < -0.3 is 0 Å². The van der Waals surface area contributed by atoms with Crippen molar-refractivity contribution in [1.82, 2.24) is 0 Å². The Bertz CT molecular complexity index is 3250. The van der Waals surface area contributed by atoms with Gasteiger partial charge in [-0.05, 0) is 147 Å². The summed E-state index contributed by atoms with van der Waals surface area (Å²) in [4.78, 5) is 0. The van der Waals surface area contributed by atoms with Crippen LogP contribution in [-0.4, -0.2) is 6.71 Å². The van der Waals surface area contributed by atoms with Crippen LogP contribution in [0.3, 0.4) is 0 Å². The van der Waals surface area contributed by atoms with Crippen LogP contribution in [-0.2, 0) is 28.1 Å². The van der Waals surface area contributed by atoms with Crippen molar-refractivity contribution in [3.05, 3.63) is 194 Å². The highest BCUT2D eigenvalue weighted by Crippen LogP contribution is 2.49. The van der Waals surface area contributed by atoms with E-state index in [9.17, 15) is 0 Å². The third-order valence-corrected chi connectivity index (χ3v) is 17.9. The summed E-state index contributed by atoms with van der Waals surface area (Å²) >= 11 is 1.99. The molecule has 1 aliphatic carbocycles. The lowest BCUT2D eigenvalue weighted by Crippen LogP contribution is -2.60. The minimum atomic E-state index is 0.00479. The quantitative estimate of drug-likeness (QED) is 0.140. The minimum Gasteiger partial charge on any atom is -0.135 e. The van der Waals surface area contributed by atoms with Gasteiger partial charge in [0.15, 0.2) is 0 Å². The standard InChI is InChI=1S/C66H73BS/c1-40-32-42(3)61-54(33-40)49(28-26-45-34-46(25-24-41(45)2)44-20-16-15-17-21-44)50-29-27-47(63(5,6)7)37-58(50)67(61)59-39-57-56(65(11,12)30-31-66(57,13)14)38-52(59)43(4)53-35-48(64(8,9)10)36-55-51-22-18-19-23-60(51)68-62(53)55/h15-25,27,29,32-39,43,49H,26,28,30-31H2,1-14H3. The Morgan fingerprint density at radius 1 is 0.588 bits per heavy atom.